The van der Waals surface area contributed by atoms with Gasteiger partial charge in [0.1, 0.15) is 5.15 Å². The standard InChI is InChI=1S/C13H7Cl2NO2/c14-10-9-8(6-16-12(10)15)13(17)18-11(9)7-4-2-1-3-5-7/h1-6,11H. The molecule has 1 aromatic carbocycles. The van der Waals surface area contributed by atoms with Crippen LogP contribution in [0.25, 0.3) is 0 Å². The van der Waals surface area contributed by atoms with Crippen molar-refractivity contribution in [3.8, 4) is 0 Å². The van der Waals surface area contributed by atoms with Crippen molar-refractivity contribution in [2.75, 3.05) is 0 Å². The monoisotopic (exact) mass is 279 g/mol. The summed E-state index contributed by atoms with van der Waals surface area (Å²) in [4.78, 5) is 15.6. The van der Waals surface area contributed by atoms with Gasteiger partial charge in [0, 0.05) is 11.8 Å². The number of esters is 1. The van der Waals surface area contributed by atoms with Crippen molar-refractivity contribution in [1.29, 1.82) is 0 Å². The Kier molecular flexibility index (Phi) is 2.73. The smallest absolute Gasteiger partial charge is 0.341 e. The molecule has 0 aliphatic carbocycles. The minimum Gasteiger partial charge on any atom is -0.449 e. The number of ether oxygens (including phenoxy) is 1. The molecule has 0 amide bonds. The third-order valence-corrected chi connectivity index (χ3v) is 3.59. The number of benzene rings is 1. The lowest BCUT2D eigenvalue weighted by Crippen LogP contribution is -2.00. The van der Waals surface area contributed by atoms with E-state index in [0.29, 0.717) is 11.1 Å². The fraction of sp³-hybridized carbons (Fsp3) is 0.0769. The third kappa shape index (κ3) is 1.67. The van der Waals surface area contributed by atoms with Crippen LogP contribution in [-0.2, 0) is 4.74 Å². The number of carbonyl (C=O) groups is 1. The van der Waals surface area contributed by atoms with Gasteiger partial charge in [-0.3, -0.25) is 0 Å². The van der Waals surface area contributed by atoms with Gasteiger partial charge in [-0.25, -0.2) is 9.78 Å². The van der Waals surface area contributed by atoms with Crippen LogP contribution in [0.15, 0.2) is 36.5 Å². The Balaban J connectivity index is 2.19. The second-order valence-corrected chi connectivity index (χ2v) is 4.62. The molecule has 5 heteroatoms. The molecule has 0 bridgehead atoms. The van der Waals surface area contributed by atoms with Crippen LogP contribution in [0.1, 0.15) is 27.6 Å². The maximum Gasteiger partial charge on any atom is 0.341 e. The van der Waals surface area contributed by atoms with E-state index in [1.54, 1.807) is 0 Å². The van der Waals surface area contributed by atoms with Gasteiger partial charge < -0.3 is 4.74 Å². The van der Waals surface area contributed by atoms with Crippen LogP contribution < -0.4 is 0 Å². The fourth-order valence-electron chi connectivity index (χ4n) is 1.99. The molecule has 0 fully saturated rings. The molecule has 0 saturated heterocycles. The normalized spacial score (nSPS) is 17.4. The van der Waals surface area contributed by atoms with Gasteiger partial charge in [0.15, 0.2) is 6.10 Å². The number of cyclic esters (lactones) is 1. The van der Waals surface area contributed by atoms with E-state index in [0.717, 1.165) is 5.56 Å². The van der Waals surface area contributed by atoms with E-state index in [-0.39, 0.29) is 10.2 Å². The molecule has 1 atom stereocenters. The lowest BCUT2D eigenvalue weighted by molar-refractivity contribution is 0.0456. The zero-order chi connectivity index (χ0) is 12.7. The van der Waals surface area contributed by atoms with Gasteiger partial charge in [0.25, 0.3) is 0 Å². The summed E-state index contributed by atoms with van der Waals surface area (Å²) >= 11 is 12.0. The van der Waals surface area contributed by atoms with Crippen LogP contribution in [0, 0.1) is 0 Å². The number of halogens is 2. The summed E-state index contributed by atoms with van der Waals surface area (Å²) in [5.74, 6) is -0.426. The summed E-state index contributed by atoms with van der Waals surface area (Å²) in [6, 6.07) is 9.38. The minimum absolute atomic E-state index is 0.176. The molecule has 18 heavy (non-hydrogen) atoms. The Morgan fingerprint density at radius 1 is 1.17 bits per heavy atom. The van der Waals surface area contributed by atoms with Gasteiger partial charge in [-0.1, -0.05) is 53.5 Å². The maximum atomic E-state index is 11.7. The Hall–Kier alpha value is -1.58. The number of rotatable bonds is 1. The molecular formula is C13H7Cl2NO2. The van der Waals surface area contributed by atoms with Crippen molar-refractivity contribution in [3.63, 3.8) is 0 Å². The van der Waals surface area contributed by atoms with Gasteiger partial charge in [0.2, 0.25) is 0 Å². The van der Waals surface area contributed by atoms with Gasteiger partial charge >= 0.3 is 5.97 Å². The quantitative estimate of drug-likeness (QED) is 0.591. The van der Waals surface area contributed by atoms with E-state index in [9.17, 15) is 4.79 Å². The molecule has 1 aliphatic rings. The Morgan fingerprint density at radius 3 is 2.61 bits per heavy atom. The highest BCUT2D eigenvalue weighted by atomic mass is 35.5. The van der Waals surface area contributed by atoms with Crippen molar-refractivity contribution in [1.82, 2.24) is 4.98 Å². The van der Waals surface area contributed by atoms with Crippen LogP contribution in [0.2, 0.25) is 10.2 Å². The second kappa shape index (κ2) is 4.26. The molecule has 1 unspecified atom stereocenters. The Labute approximate surface area is 113 Å². The van der Waals surface area contributed by atoms with E-state index in [2.05, 4.69) is 4.98 Å². The summed E-state index contributed by atoms with van der Waals surface area (Å²) in [6.45, 7) is 0. The molecule has 1 aromatic heterocycles. The molecule has 0 spiro atoms. The number of hydrogen-bond donors (Lipinski definition) is 0. The molecule has 90 valence electrons. The van der Waals surface area contributed by atoms with Gasteiger partial charge in [-0.05, 0) is 5.56 Å². The highest BCUT2D eigenvalue weighted by Gasteiger charge is 2.35. The summed E-state index contributed by atoms with van der Waals surface area (Å²) in [5.41, 5.74) is 1.82. The highest BCUT2D eigenvalue weighted by molar-refractivity contribution is 6.42. The summed E-state index contributed by atoms with van der Waals surface area (Å²) in [5, 5.41) is 0.448. The average molecular weight is 280 g/mol. The minimum atomic E-state index is -0.512. The number of aromatic nitrogens is 1. The summed E-state index contributed by atoms with van der Waals surface area (Å²) < 4.78 is 5.33. The van der Waals surface area contributed by atoms with E-state index in [1.807, 2.05) is 30.3 Å². The van der Waals surface area contributed by atoms with Crippen LogP contribution in [0.5, 0.6) is 0 Å². The SMILES string of the molecule is O=C1OC(c2ccccc2)c2c1cnc(Cl)c2Cl. The number of nitrogens with zero attached hydrogens (tertiary/aromatic N) is 1. The van der Waals surface area contributed by atoms with E-state index in [1.165, 1.54) is 6.20 Å². The molecule has 2 aromatic rings. The molecular weight excluding hydrogens is 273 g/mol. The van der Waals surface area contributed by atoms with Gasteiger partial charge in [-0.2, -0.15) is 0 Å². The first-order valence-electron chi connectivity index (χ1n) is 5.28. The fourth-order valence-corrected chi connectivity index (χ4v) is 2.39. The lowest BCUT2D eigenvalue weighted by Gasteiger charge is -2.12. The van der Waals surface area contributed by atoms with E-state index in [4.69, 9.17) is 27.9 Å². The Bertz CT molecular complexity index is 628. The van der Waals surface area contributed by atoms with Crippen LogP contribution >= 0.6 is 23.2 Å². The van der Waals surface area contributed by atoms with Crippen molar-refractivity contribution in [2.45, 2.75) is 6.10 Å². The molecule has 3 rings (SSSR count). The van der Waals surface area contributed by atoms with Crippen LogP contribution in [0.3, 0.4) is 0 Å². The van der Waals surface area contributed by atoms with E-state index < -0.39 is 12.1 Å². The number of hydrogen-bond acceptors (Lipinski definition) is 3. The lowest BCUT2D eigenvalue weighted by atomic mass is 10.0. The molecule has 1 aliphatic heterocycles. The topological polar surface area (TPSA) is 39.2 Å². The van der Waals surface area contributed by atoms with Crippen molar-refractivity contribution in [3.05, 3.63) is 63.4 Å². The predicted molar refractivity (Wildman–Crippen MR) is 68.0 cm³/mol. The van der Waals surface area contributed by atoms with E-state index >= 15 is 0 Å². The first-order valence-corrected chi connectivity index (χ1v) is 6.04. The summed E-state index contributed by atoms with van der Waals surface area (Å²) in [7, 11) is 0. The third-order valence-electron chi connectivity index (χ3n) is 2.82. The Morgan fingerprint density at radius 2 is 1.89 bits per heavy atom. The zero-order valence-electron chi connectivity index (χ0n) is 9.06. The zero-order valence-corrected chi connectivity index (χ0v) is 10.6. The largest absolute Gasteiger partial charge is 0.449 e. The number of pyridine rings is 1. The van der Waals surface area contributed by atoms with Crippen LogP contribution in [0.4, 0.5) is 0 Å². The van der Waals surface area contributed by atoms with Crippen LogP contribution in [-0.4, -0.2) is 11.0 Å². The molecule has 3 nitrogen and oxygen atoms in total. The van der Waals surface area contributed by atoms with Crippen molar-refractivity contribution < 1.29 is 9.53 Å². The number of carbonyl (C=O) groups excluding carboxylic acids is 1. The summed E-state index contributed by atoms with van der Waals surface area (Å²) in [6.07, 6.45) is 0.885. The van der Waals surface area contributed by atoms with Crippen molar-refractivity contribution >= 4 is 29.2 Å². The predicted octanol–water partition coefficient (Wildman–Crippen LogP) is 3.65. The maximum absolute atomic E-state index is 11.7. The highest BCUT2D eigenvalue weighted by Crippen LogP contribution is 2.41. The molecule has 0 radical (unpaired) electrons. The molecule has 0 saturated carbocycles. The second-order valence-electron chi connectivity index (χ2n) is 3.89. The molecule has 0 N–H and O–H groups in total. The average Bonchev–Trinajstić information content (AvgIpc) is 2.73. The van der Waals surface area contributed by atoms with Crippen molar-refractivity contribution in [2.24, 2.45) is 0 Å². The molecule has 2 heterocycles. The van der Waals surface area contributed by atoms with Gasteiger partial charge in [0.05, 0.1) is 10.6 Å². The first kappa shape index (κ1) is 11.5. The first-order chi connectivity index (χ1) is 8.68. The number of fused-ring (bicyclic) bond motifs is 1. The van der Waals surface area contributed by atoms with Gasteiger partial charge in [-0.15, -0.1) is 0 Å².